The summed E-state index contributed by atoms with van der Waals surface area (Å²) in [5, 5.41) is 11.0. The Kier molecular flexibility index (Phi) is 6.04. The summed E-state index contributed by atoms with van der Waals surface area (Å²) in [5.74, 6) is 0.488. The van der Waals surface area contributed by atoms with E-state index in [9.17, 15) is 4.79 Å². The van der Waals surface area contributed by atoms with Crippen molar-refractivity contribution in [2.75, 3.05) is 33.1 Å². The normalized spacial score (nSPS) is 15.2. The second-order valence-corrected chi connectivity index (χ2v) is 8.49. The molecule has 0 atom stereocenters. The monoisotopic (exact) mass is 419 g/mol. The fourth-order valence-corrected chi connectivity index (χ4v) is 4.60. The Bertz CT molecular complexity index is 1020. The van der Waals surface area contributed by atoms with Gasteiger partial charge in [-0.1, -0.05) is 30.2 Å². The highest BCUT2D eigenvalue weighted by molar-refractivity contribution is 6.03. The molecule has 0 aliphatic heterocycles. The molecule has 1 fully saturated rings. The van der Waals surface area contributed by atoms with Crippen molar-refractivity contribution < 1.29 is 9.53 Å². The van der Waals surface area contributed by atoms with E-state index in [0.29, 0.717) is 5.69 Å². The Morgan fingerprint density at radius 2 is 1.77 bits per heavy atom. The van der Waals surface area contributed by atoms with Crippen LogP contribution in [-0.2, 0) is 5.41 Å². The summed E-state index contributed by atoms with van der Waals surface area (Å²) in [7, 11) is 5.88. The number of ether oxygens (including phenoxy) is 1. The standard InChI is InChI=1S/C24H29N5O2/c1-28(2)17-24(14-4-5-15-24)18-6-8-19(9-7-18)26-23(30)22-16-25-27-29(22)20-10-12-21(31-3)13-11-20/h6-13,16H,4-5,14-15,17H2,1-3H3,(H,26,30). The first-order chi connectivity index (χ1) is 15.0. The number of methoxy groups -OCH3 is 1. The molecule has 0 saturated heterocycles. The van der Waals surface area contributed by atoms with Crippen LogP contribution in [0.3, 0.4) is 0 Å². The topological polar surface area (TPSA) is 72.3 Å². The lowest BCUT2D eigenvalue weighted by atomic mass is 9.78. The molecule has 4 rings (SSSR count). The Morgan fingerprint density at radius 3 is 2.39 bits per heavy atom. The fourth-order valence-electron chi connectivity index (χ4n) is 4.60. The van der Waals surface area contributed by atoms with Crippen LogP contribution in [0.5, 0.6) is 5.75 Å². The van der Waals surface area contributed by atoms with Gasteiger partial charge in [0.15, 0.2) is 5.69 Å². The van der Waals surface area contributed by atoms with Gasteiger partial charge in [-0.25, -0.2) is 4.68 Å². The minimum Gasteiger partial charge on any atom is -0.497 e. The number of aromatic nitrogens is 3. The third kappa shape index (κ3) is 4.46. The number of rotatable bonds is 7. The lowest BCUT2D eigenvalue weighted by molar-refractivity contribution is 0.101. The van der Waals surface area contributed by atoms with Gasteiger partial charge < -0.3 is 15.0 Å². The molecular weight excluding hydrogens is 390 g/mol. The summed E-state index contributed by atoms with van der Waals surface area (Å²) in [5.41, 5.74) is 3.43. The Hall–Kier alpha value is -3.19. The fraction of sp³-hybridized carbons (Fsp3) is 0.375. The summed E-state index contributed by atoms with van der Waals surface area (Å²) in [4.78, 5) is 15.2. The molecule has 0 radical (unpaired) electrons. The van der Waals surface area contributed by atoms with Crippen LogP contribution in [0, 0.1) is 0 Å². The first-order valence-electron chi connectivity index (χ1n) is 10.6. The zero-order valence-corrected chi connectivity index (χ0v) is 18.3. The molecule has 1 saturated carbocycles. The molecule has 162 valence electrons. The second-order valence-electron chi connectivity index (χ2n) is 8.49. The molecule has 3 aromatic rings. The Morgan fingerprint density at radius 1 is 1.10 bits per heavy atom. The van der Waals surface area contributed by atoms with Crippen LogP contribution in [0.2, 0.25) is 0 Å². The predicted molar refractivity (Wildman–Crippen MR) is 121 cm³/mol. The van der Waals surface area contributed by atoms with Crippen LogP contribution in [0.4, 0.5) is 5.69 Å². The summed E-state index contributed by atoms with van der Waals surface area (Å²) in [6.45, 7) is 1.05. The Labute approximate surface area is 183 Å². The number of benzene rings is 2. The largest absolute Gasteiger partial charge is 0.497 e. The summed E-state index contributed by atoms with van der Waals surface area (Å²) in [6.07, 6.45) is 6.44. The zero-order chi connectivity index (χ0) is 21.8. The minimum absolute atomic E-state index is 0.211. The number of hydrogen-bond acceptors (Lipinski definition) is 5. The van der Waals surface area contributed by atoms with Gasteiger partial charge in [-0.2, -0.15) is 0 Å². The molecule has 1 aromatic heterocycles. The van der Waals surface area contributed by atoms with Gasteiger partial charge in [-0.3, -0.25) is 4.79 Å². The van der Waals surface area contributed by atoms with E-state index in [0.717, 1.165) is 23.7 Å². The van der Waals surface area contributed by atoms with Crippen molar-refractivity contribution in [2.24, 2.45) is 0 Å². The van der Waals surface area contributed by atoms with E-state index < -0.39 is 0 Å². The molecule has 0 spiro atoms. The average Bonchev–Trinajstić information content (AvgIpc) is 3.44. The lowest BCUT2D eigenvalue weighted by Crippen LogP contribution is -2.35. The van der Waals surface area contributed by atoms with Gasteiger partial charge >= 0.3 is 0 Å². The SMILES string of the molecule is COc1ccc(-n2nncc2C(=O)Nc2ccc(C3(CN(C)C)CCCC3)cc2)cc1. The maximum Gasteiger partial charge on any atom is 0.276 e. The highest BCUT2D eigenvalue weighted by Crippen LogP contribution is 2.41. The van der Waals surface area contributed by atoms with Gasteiger partial charge in [0.2, 0.25) is 0 Å². The summed E-state index contributed by atoms with van der Waals surface area (Å²) < 4.78 is 6.71. The van der Waals surface area contributed by atoms with E-state index in [1.165, 1.54) is 42.1 Å². The van der Waals surface area contributed by atoms with Crippen LogP contribution >= 0.6 is 0 Å². The minimum atomic E-state index is -0.252. The molecule has 31 heavy (non-hydrogen) atoms. The summed E-state index contributed by atoms with van der Waals surface area (Å²) in [6, 6.07) is 15.6. The smallest absolute Gasteiger partial charge is 0.276 e. The maximum absolute atomic E-state index is 12.9. The van der Waals surface area contributed by atoms with E-state index in [-0.39, 0.29) is 11.3 Å². The first kappa shape index (κ1) is 21.1. The van der Waals surface area contributed by atoms with Crippen LogP contribution in [0.15, 0.2) is 54.7 Å². The quantitative estimate of drug-likeness (QED) is 0.629. The van der Waals surface area contributed by atoms with E-state index in [4.69, 9.17) is 4.74 Å². The number of hydrogen-bond donors (Lipinski definition) is 1. The van der Waals surface area contributed by atoms with Crippen molar-refractivity contribution in [1.82, 2.24) is 19.9 Å². The molecule has 1 aliphatic carbocycles. The average molecular weight is 420 g/mol. The van der Waals surface area contributed by atoms with Crippen molar-refractivity contribution in [3.8, 4) is 11.4 Å². The van der Waals surface area contributed by atoms with Gasteiger partial charge in [-0.05, 0) is 68.9 Å². The number of nitrogens with one attached hydrogen (secondary N) is 1. The van der Waals surface area contributed by atoms with Crippen molar-refractivity contribution in [3.63, 3.8) is 0 Å². The molecule has 1 aliphatic rings. The summed E-state index contributed by atoms with van der Waals surface area (Å²) >= 11 is 0. The predicted octanol–water partition coefficient (Wildman–Crippen LogP) is 3.90. The highest BCUT2D eigenvalue weighted by atomic mass is 16.5. The first-order valence-corrected chi connectivity index (χ1v) is 10.6. The van der Waals surface area contributed by atoms with E-state index in [1.54, 1.807) is 7.11 Å². The van der Waals surface area contributed by atoms with Crippen molar-refractivity contribution in [3.05, 3.63) is 66.0 Å². The molecular formula is C24H29N5O2. The third-order valence-electron chi connectivity index (χ3n) is 6.03. The van der Waals surface area contributed by atoms with Gasteiger partial charge in [0.1, 0.15) is 5.75 Å². The van der Waals surface area contributed by atoms with Gasteiger partial charge in [0, 0.05) is 17.6 Å². The zero-order valence-electron chi connectivity index (χ0n) is 18.3. The number of amides is 1. The lowest BCUT2D eigenvalue weighted by Gasteiger charge is -2.33. The van der Waals surface area contributed by atoms with E-state index in [1.807, 2.05) is 36.4 Å². The number of carbonyl (C=O) groups is 1. The third-order valence-corrected chi connectivity index (χ3v) is 6.03. The van der Waals surface area contributed by atoms with Crippen LogP contribution < -0.4 is 10.1 Å². The van der Waals surface area contributed by atoms with Crippen molar-refractivity contribution in [1.29, 1.82) is 0 Å². The van der Waals surface area contributed by atoms with Gasteiger partial charge in [0.25, 0.3) is 5.91 Å². The van der Waals surface area contributed by atoms with Crippen LogP contribution in [0.25, 0.3) is 5.69 Å². The maximum atomic E-state index is 12.9. The van der Waals surface area contributed by atoms with Crippen LogP contribution in [0.1, 0.15) is 41.7 Å². The molecule has 7 nitrogen and oxygen atoms in total. The molecule has 7 heteroatoms. The van der Waals surface area contributed by atoms with Crippen molar-refractivity contribution in [2.45, 2.75) is 31.1 Å². The van der Waals surface area contributed by atoms with E-state index >= 15 is 0 Å². The molecule has 0 unspecified atom stereocenters. The van der Waals surface area contributed by atoms with E-state index in [2.05, 4.69) is 46.8 Å². The number of nitrogens with zero attached hydrogens (tertiary/aromatic N) is 4. The van der Waals surface area contributed by atoms with Gasteiger partial charge in [0.05, 0.1) is 19.0 Å². The van der Waals surface area contributed by atoms with Crippen molar-refractivity contribution >= 4 is 11.6 Å². The number of anilines is 1. The molecule has 1 heterocycles. The number of likely N-dealkylation sites (N-methyl/N-ethyl adjacent to an activating group) is 1. The molecule has 1 amide bonds. The Balaban J connectivity index is 1.50. The highest BCUT2D eigenvalue weighted by Gasteiger charge is 2.35. The second kappa shape index (κ2) is 8.89. The van der Waals surface area contributed by atoms with Crippen LogP contribution in [-0.4, -0.2) is 53.6 Å². The van der Waals surface area contributed by atoms with Gasteiger partial charge in [-0.15, -0.1) is 5.10 Å². The number of carbonyl (C=O) groups excluding carboxylic acids is 1. The molecule has 1 N–H and O–H groups in total. The molecule has 0 bridgehead atoms. The molecule has 2 aromatic carbocycles.